The van der Waals surface area contributed by atoms with E-state index in [1.165, 1.54) is 0 Å². The number of nitrogens with two attached hydrogens (primary N) is 1. The Morgan fingerprint density at radius 1 is 1.44 bits per heavy atom. The summed E-state index contributed by atoms with van der Waals surface area (Å²) in [5, 5.41) is 9.38. The van der Waals surface area contributed by atoms with Gasteiger partial charge in [0.15, 0.2) is 0 Å². The average molecular weight is 251 g/mol. The van der Waals surface area contributed by atoms with Gasteiger partial charge in [-0.05, 0) is 38.9 Å². The summed E-state index contributed by atoms with van der Waals surface area (Å²) in [5.41, 5.74) is 7.21. The molecule has 0 fully saturated rings. The summed E-state index contributed by atoms with van der Waals surface area (Å²) >= 11 is 0. The van der Waals surface area contributed by atoms with Gasteiger partial charge in [-0.1, -0.05) is 13.0 Å². The highest BCUT2D eigenvalue weighted by Gasteiger charge is 2.24. The fourth-order valence-corrected chi connectivity index (χ4v) is 2.08. The number of pyridine rings is 1. The third-order valence-electron chi connectivity index (χ3n) is 3.24. The molecule has 102 valence electrons. The van der Waals surface area contributed by atoms with Crippen LogP contribution in [0.25, 0.3) is 0 Å². The Bertz CT molecular complexity index is 329. The maximum absolute atomic E-state index is 9.38. The second kappa shape index (κ2) is 7.46. The molecule has 1 heterocycles. The van der Waals surface area contributed by atoms with E-state index in [0.717, 1.165) is 25.1 Å². The van der Waals surface area contributed by atoms with Crippen LogP contribution < -0.4 is 5.73 Å². The fourth-order valence-electron chi connectivity index (χ4n) is 2.08. The first-order chi connectivity index (χ1) is 8.56. The highest BCUT2D eigenvalue weighted by molar-refractivity contribution is 5.11. The molecule has 0 bridgehead atoms. The molecule has 0 saturated heterocycles. The number of aromatic nitrogens is 1. The molecule has 1 aromatic heterocycles. The van der Waals surface area contributed by atoms with E-state index in [-0.39, 0.29) is 18.2 Å². The van der Waals surface area contributed by atoms with E-state index in [2.05, 4.69) is 16.8 Å². The zero-order valence-electron chi connectivity index (χ0n) is 11.6. The molecule has 18 heavy (non-hydrogen) atoms. The zero-order valence-corrected chi connectivity index (χ0v) is 11.6. The van der Waals surface area contributed by atoms with Crippen molar-refractivity contribution in [1.82, 2.24) is 9.88 Å². The Kier molecular flexibility index (Phi) is 6.25. The van der Waals surface area contributed by atoms with E-state index in [4.69, 9.17) is 5.73 Å². The quantitative estimate of drug-likeness (QED) is 0.772. The lowest BCUT2D eigenvalue weighted by molar-refractivity contribution is 0.139. The number of hydrogen-bond acceptors (Lipinski definition) is 4. The monoisotopic (exact) mass is 251 g/mol. The predicted octanol–water partition coefficient (Wildman–Crippen LogP) is 1.56. The van der Waals surface area contributed by atoms with Crippen LogP contribution in [-0.4, -0.2) is 40.7 Å². The number of aliphatic hydroxyl groups excluding tert-OH is 1. The van der Waals surface area contributed by atoms with Crippen molar-refractivity contribution in [3.63, 3.8) is 0 Å². The predicted molar refractivity (Wildman–Crippen MR) is 74.2 cm³/mol. The number of nitrogens with zero attached hydrogens (tertiary/aromatic N) is 2. The molecule has 0 spiro atoms. The van der Waals surface area contributed by atoms with E-state index >= 15 is 0 Å². The SMILES string of the molecule is CCC(N)C(c1ccccn1)N(C)CCC(C)O. The molecule has 1 rings (SSSR count). The smallest absolute Gasteiger partial charge is 0.0671 e. The summed E-state index contributed by atoms with van der Waals surface area (Å²) in [6.45, 7) is 4.71. The van der Waals surface area contributed by atoms with Crippen molar-refractivity contribution in [3.8, 4) is 0 Å². The molecular formula is C14H25N3O. The first kappa shape index (κ1) is 15.1. The first-order valence-corrected chi connectivity index (χ1v) is 6.61. The summed E-state index contributed by atoms with van der Waals surface area (Å²) in [7, 11) is 2.04. The van der Waals surface area contributed by atoms with Gasteiger partial charge in [0.25, 0.3) is 0 Å². The Labute approximate surface area is 110 Å². The second-order valence-electron chi connectivity index (χ2n) is 4.89. The lowest BCUT2D eigenvalue weighted by Gasteiger charge is -2.32. The van der Waals surface area contributed by atoms with Gasteiger partial charge in [-0.25, -0.2) is 0 Å². The van der Waals surface area contributed by atoms with E-state index in [0.29, 0.717) is 0 Å². The maximum Gasteiger partial charge on any atom is 0.0671 e. The number of hydrogen-bond donors (Lipinski definition) is 2. The van der Waals surface area contributed by atoms with Crippen molar-refractivity contribution >= 4 is 0 Å². The number of aliphatic hydroxyl groups is 1. The highest BCUT2D eigenvalue weighted by Crippen LogP contribution is 2.22. The average Bonchev–Trinajstić information content (AvgIpc) is 2.37. The standard InChI is InChI=1S/C14H25N3O/c1-4-12(15)14(13-7-5-6-9-16-13)17(3)10-8-11(2)18/h5-7,9,11-12,14,18H,4,8,10,15H2,1-3H3. The topological polar surface area (TPSA) is 62.4 Å². The molecule has 0 aromatic carbocycles. The van der Waals surface area contributed by atoms with Gasteiger partial charge in [0.2, 0.25) is 0 Å². The van der Waals surface area contributed by atoms with Crippen LogP contribution in [0.15, 0.2) is 24.4 Å². The lowest BCUT2D eigenvalue weighted by Crippen LogP contribution is -2.40. The number of likely N-dealkylation sites (N-methyl/N-ethyl adjacent to an activating group) is 1. The Hall–Kier alpha value is -0.970. The van der Waals surface area contributed by atoms with Crippen LogP contribution in [0.1, 0.15) is 38.4 Å². The van der Waals surface area contributed by atoms with Gasteiger partial charge in [0, 0.05) is 18.8 Å². The molecule has 3 atom stereocenters. The molecule has 0 radical (unpaired) electrons. The van der Waals surface area contributed by atoms with Crippen LogP contribution in [0.2, 0.25) is 0 Å². The van der Waals surface area contributed by atoms with Crippen LogP contribution in [0, 0.1) is 0 Å². The van der Waals surface area contributed by atoms with Crippen molar-refractivity contribution < 1.29 is 5.11 Å². The summed E-state index contributed by atoms with van der Waals surface area (Å²) < 4.78 is 0. The van der Waals surface area contributed by atoms with Crippen molar-refractivity contribution in [1.29, 1.82) is 0 Å². The van der Waals surface area contributed by atoms with Crippen LogP contribution in [-0.2, 0) is 0 Å². The molecule has 4 nitrogen and oxygen atoms in total. The van der Waals surface area contributed by atoms with Gasteiger partial charge in [-0.2, -0.15) is 0 Å². The molecular weight excluding hydrogens is 226 g/mol. The Morgan fingerprint density at radius 3 is 2.67 bits per heavy atom. The Balaban J connectivity index is 2.78. The van der Waals surface area contributed by atoms with Crippen molar-refractivity contribution in [3.05, 3.63) is 30.1 Å². The molecule has 0 saturated carbocycles. The lowest BCUT2D eigenvalue weighted by atomic mass is 10.0. The zero-order chi connectivity index (χ0) is 13.5. The molecule has 4 heteroatoms. The van der Waals surface area contributed by atoms with Gasteiger partial charge >= 0.3 is 0 Å². The van der Waals surface area contributed by atoms with E-state index < -0.39 is 0 Å². The van der Waals surface area contributed by atoms with E-state index in [9.17, 15) is 5.11 Å². The van der Waals surface area contributed by atoms with E-state index in [1.54, 1.807) is 6.20 Å². The molecule has 3 N–H and O–H groups in total. The fraction of sp³-hybridized carbons (Fsp3) is 0.643. The maximum atomic E-state index is 9.38. The summed E-state index contributed by atoms with van der Waals surface area (Å²) in [4.78, 5) is 6.60. The summed E-state index contributed by atoms with van der Waals surface area (Å²) in [6, 6.07) is 6.07. The second-order valence-corrected chi connectivity index (χ2v) is 4.89. The minimum Gasteiger partial charge on any atom is -0.393 e. The van der Waals surface area contributed by atoms with Gasteiger partial charge in [0.05, 0.1) is 17.8 Å². The van der Waals surface area contributed by atoms with Crippen LogP contribution in [0.5, 0.6) is 0 Å². The van der Waals surface area contributed by atoms with Gasteiger partial charge in [0.1, 0.15) is 0 Å². The van der Waals surface area contributed by atoms with Crippen LogP contribution in [0.4, 0.5) is 0 Å². The molecule has 0 aliphatic carbocycles. The normalized spacial score (nSPS) is 16.6. The third kappa shape index (κ3) is 4.37. The summed E-state index contributed by atoms with van der Waals surface area (Å²) in [5.74, 6) is 0. The molecule has 3 unspecified atom stereocenters. The minimum atomic E-state index is -0.283. The molecule has 0 aliphatic heterocycles. The van der Waals surface area contributed by atoms with Crippen LogP contribution in [0.3, 0.4) is 0 Å². The molecule has 0 aliphatic rings. The van der Waals surface area contributed by atoms with Crippen molar-refractivity contribution in [2.45, 2.75) is 44.9 Å². The third-order valence-corrected chi connectivity index (χ3v) is 3.24. The van der Waals surface area contributed by atoms with E-state index in [1.807, 2.05) is 32.2 Å². The summed E-state index contributed by atoms with van der Waals surface area (Å²) in [6.07, 6.45) is 3.17. The number of rotatable bonds is 7. The first-order valence-electron chi connectivity index (χ1n) is 6.61. The highest BCUT2D eigenvalue weighted by atomic mass is 16.3. The van der Waals surface area contributed by atoms with Crippen LogP contribution >= 0.6 is 0 Å². The Morgan fingerprint density at radius 2 is 2.17 bits per heavy atom. The van der Waals surface area contributed by atoms with Crippen molar-refractivity contribution in [2.24, 2.45) is 5.73 Å². The van der Waals surface area contributed by atoms with Gasteiger partial charge in [-0.15, -0.1) is 0 Å². The van der Waals surface area contributed by atoms with Crippen molar-refractivity contribution in [2.75, 3.05) is 13.6 Å². The largest absolute Gasteiger partial charge is 0.393 e. The molecule has 0 amide bonds. The molecule has 1 aromatic rings. The van der Waals surface area contributed by atoms with Gasteiger partial charge in [-0.3, -0.25) is 9.88 Å². The minimum absolute atomic E-state index is 0.0545. The van der Waals surface area contributed by atoms with Gasteiger partial charge < -0.3 is 10.8 Å².